The predicted molar refractivity (Wildman–Crippen MR) is 177 cm³/mol. The number of hydrogen-bond donors (Lipinski definition) is 5. The van der Waals surface area contributed by atoms with Crippen molar-refractivity contribution in [3.05, 3.63) is 71.8 Å². The van der Waals surface area contributed by atoms with Crippen LogP contribution in [0, 0.1) is 5.92 Å². The fraction of sp³-hybridized carbons (Fsp3) is 0.529. The molecule has 0 spiro atoms. The summed E-state index contributed by atoms with van der Waals surface area (Å²) in [5.74, 6) is -0.961. The van der Waals surface area contributed by atoms with E-state index in [0.717, 1.165) is 43.2 Å². The lowest BCUT2D eigenvalue weighted by Gasteiger charge is -2.37. The average Bonchev–Trinajstić information content (AvgIpc) is 3.02. The summed E-state index contributed by atoms with van der Waals surface area (Å²) in [6.45, 7) is 7.28. The second-order valence-corrected chi connectivity index (χ2v) is 13.7. The van der Waals surface area contributed by atoms with Crippen molar-refractivity contribution >= 4 is 35.4 Å². The van der Waals surface area contributed by atoms with Crippen LogP contribution in [0.3, 0.4) is 0 Å². The summed E-state index contributed by atoms with van der Waals surface area (Å²) in [6, 6.07) is 17.8. The normalized spacial score (nSPS) is 16.0. The molecule has 0 radical (unpaired) electrons. The Hall–Kier alpha value is -3.37. The zero-order valence-corrected chi connectivity index (χ0v) is 27.5. The largest absolute Gasteiger partial charge is 0.353 e. The summed E-state index contributed by atoms with van der Waals surface area (Å²) in [5, 5.41) is 14.9. The second kappa shape index (κ2) is 17.2. The fourth-order valence-corrected chi connectivity index (χ4v) is 6.55. The summed E-state index contributed by atoms with van der Waals surface area (Å²) >= 11 is 1.38. The molecule has 1 aliphatic rings. The van der Waals surface area contributed by atoms with Crippen LogP contribution in [0.4, 0.5) is 0 Å². The Morgan fingerprint density at radius 3 is 1.91 bits per heavy atom. The summed E-state index contributed by atoms with van der Waals surface area (Å²) in [4.78, 5) is 52.6. The molecule has 3 atom stereocenters. The lowest BCUT2D eigenvalue weighted by atomic mass is 9.83. The molecule has 0 heterocycles. The van der Waals surface area contributed by atoms with Gasteiger partial charge in [0.25, 0.3) is 0 Å². The van der Waals surface area contributed by atoms with E-state index in [1.54, 1.807) is 14.0 Å². The van der Waals surface area contributed by atoms with E-state index in [4.69, 9.17) is 0 Å². The number of hydrogen-bond acceptors (Lipinski definition) is 6. The molecule has 0 unspecified atom stereocenters. The van der Waals surface area contributed by atoms with Gasteiger partial charge in [0.1, 0.15) is 12.1 Å². The van der Waals surface area contributed by atoms with Gasteiger partial charge < -0.3 is 26.6 Å². The van der Waals surface area contributed by atoms with Gasteiger partial charge in [-0.1, -0.05) is 79.9 Å². The van der Waals surface area contributed by atoms with Crippen molar-refractivity contribution in [2.24, 2.45) is 5.92 Å². The van der Waals surface area contributed by atoms with Gasteiger partial charge in [-0.05, 0) is 57.7 Å². The van der Waals surface area contributed by atoms with Crippen LogP contribution in [0.25, 0.3) is 0 Å². The highest BCUT2D eigenvalue weighted by Crippen LogP contribution is 2.30. The number of carbonyl (C=O) groups is 4. The molecule has 5 N–H and O–H groups in total. The Morgan fingerprint density at radius 1 is 0.818 bits per heavy atom. The number of carbonyl (C=O) groups excluding carboxylic acids is 4. The van der Waals surface area contributed by atoms with E-state index in [2.05, 4.69) is 26.6 Å². The molecular formula is C34H49N5O4S. The highest BCUT2D eigenvalue weighted by molar-refractivity contribution is 8.00. The summed E-state index contributed by atoms with van der Waals surface area (Å²) in [6.07, 6.45) is 4.76. The molecule has 44 heavy (non-hydrogen) atoms. The maximum Gasteiger partial charge on any atom is 0.244 e. The average molecular weight is 624 g/mol. The van der Waals surface area contributed by atoms with Gasteiger partial charge >= 0.3 is 0 Å². The third-order valence-electron chi connectivity index (χ3n) is 8.42. The van der Waals surface area contributed by atoms with Gasteiger partial charge in [-0.15, -0.1) is 11.8 Å². The summed E-state index contributed by atoms with van der Waals surface area (Å²) in [5.41, 5.74) is 2.13. The first-order chi connectivity index (χ1) is 21.0. The first kappa shape index (κ1) is 35.1. The highest BCUT2D eigenvalue weighted by Gasteiger charge is 2.40. The van der Waals surface area contributed by atoms with Crippen LogP contribution in [-0.2, 0) is 19.2 Å². The molecule has 0 aliphatic heterocycles. The maximum atomic E-state index is 14.0. The van der Waals surface area contributed by atoms with Crippen LogP contribution in [0.2, 0.25) is 0 Å². The Kier molecular flexibility index (Phi) is 13.7. The molecule has 1 saturated carbocycles. The molecule has 240 valence electrons. The van der Waals surface area contributed by atoms with E-state index >= 15 is 0 Å². The Balaban J connectivity index is 1.87. The van der Waals surface area contributed by atoms with Crippen LogP contribution >= 0.6 is 11.8 Å². The Bertz CT molecular complexity index is 1180. The molecule has 2 aromatic rings. The minimum atomic E-state index is -0.939. The van der Waals surface area contributed by atoms with Crippen molar-refractivity contribution < 1.29 is 19.2 Å². The number of nitrogens with one attached hydrogen (secondary N) is 5. The maximum absolute atomic E-state index is 14.0. The SMILES string of the molecule is CN[C@@H](C)C(=O)N[C@H](C(=O)N[C@H](C(=O)NCC(c1ccccc1)c1ccccc1)C(C)(C)SCNC(C)=O)C1CCCCC1. The third kappa shape index (κ3) is 10.4. The summed E-state index contributed by atoms with van der Waals surface area (Å²) < 4.78 is -0.795. The first-order valence-electron chi connectivity index (χ1n) is 15.6. The minimum Gasteiger partial charge on any atom is -0.353 e. The van der Waals surface area contributed by atoms with Crippen molar-refractivity contribution in [1.82, 2.24) is 26.6 Å². The Labute approximate surface area is 266 Å². The monoisotopic (exact) mass is 623 g/mol. The Morgan fingerprint density at radius 2 is 1.39 bits per heavy atom. The van der Waals surface area contributed by atoms with Crippen molar-refractivity contribution in [1.29, 1.82) is 0 Å². The van der Waals surface area contributed by atoms with Crippen LogP contribution in [-0.4, -0.2) is 66.0 Å². The molecule has 0 aromatic heterocycles. The number of likely N-dealkylation sites (N-methyl/N-ethyl adjacent to an activating group) is 1. The number of amides is 4. The second-order valence-electron chi connectivity index (χ2n) is 12.1. The van der Waals surface area contributed by atoms with Crippen LogP contribution in [0.1, 0.15) is 76.8 Å². The van der Waals surface area contributed by atoms with Gasteiger partial charge in [-0.3, -0.25) is 19.2 Å². The summed E-state index contributed by atoms with van der Waals surface area (Å²) in [7, 11) is 1.70. The standard InChI is InChI=1S/C34H49N5O4S/c1-23(35-5)31(41)38-29(27-19-13-8-14-20-27)32(42)39-30(34(3,4)44-22-37-24(2)40)33(43)36-21-28(25-15-9-6-10-16-25)26-17-11-7-12-18-26/h6-7,9-12,15-18,23,27-30,35H,8,13-14,19-22H2,1-5H3,(H,36,43)(H,37,40)(H,38,41)(H,39,42)/t23-,29-,30+/m0/s1. The van der Waals surface area contributed by atoms with Gasteiger partial charge in [0.15, 0.2) is 0 Å². The number of rotatable bonds is 15. The zero-order chi connectivity index (χ0) is 32.1. The van der Waals surface area contributed by atoms with Gasteiger partial charge in [-0.25, -0.2) is 0 Å². The number of thioether (sulfide) groups is 1. The highest BCUT2D eigenvalue weighted by atomic mass is 32.2. The molecule has 1 aliphatic carbocycles. The van der Waals surface area contributed by atoms with E-state index in [1.807, 2.05) is 74.5 Å². The van der Waals surface area contributed by atoms with Gasteiger partial charge in [-0.2, -0.15) is 0 Å². The molecule has 4 amide bonds. The van der Waals surface area contributed by atoms with Crippen LogP contribution < -0.4 is 26.6 Å². The zero-order valence-electron chi connectivity index (χ0n) is 26.7. The molecule has 2 aromatic carbocycles. The topological polar surface area (TPSA) is 128 Å². The van der Waals surface area contributed by atoms with Gasteiger partial charge in [0.2, 0.25) is 23.6 Å². The molecular weight excluding hydrogens is 574 g/mol. The molecule has 9 nitrogen and oxygen atoms in total. The molecule has 10 heteroatoms. The van der Waals surface area contributed by atoms with Crippen molar-refractivity contribution in [2.45, 2.75) is 88.6 Å². The lowest BCUT2D eigenvalue weighted by molar-refractivity contribution is -0.134. The van der Waals surface area contributed by atoms with Gasteiger partial charge in [0.05, 0.1) is 11.9 Å². The van der Waals surface area contributed by atoms with Crippen LogP contribution in [0.15, 0.2) is 60.7 Å². The lowest BCUT2D eigenvalue weighted by Crippen LogP contribution is -2.62. The van der Waals surface area contributed by atoms with Crippen molar-refractivity contribution in [3.63, 3.8) is 0 Å². The molecule has 1 fully saturated rings. The smallest absolute Gasteiger partial charge is 0.244 e. The van der Waals surface area contributed by atoms with Crippen LogP contribution in [0.5, 0.6) is 0 Å². The third-order valence-corrected chi connectivity index (χ3v) is 9.69. The minimum absolute atomic E-state index is 0.0175. The van der Waals surface area contributed by atoms with Crippen molar-refractivity contribution in [2.75, 3.05) is 19.5 Å². The van der Waals surface area contributed by atoms with E-state index < -0.39 is 22.9 Å². The quantitative estimate of drug-likeness (QED) is 0.193. The number of benzene rings is 2. The molecule has 3 rings (SSSR count). The van der Waals surface area contributed by atoms with E-state index in [9.17, 15) is 19.2 Å². The van der Waals surface area contributed by atoms with Gasteiger partial charge in [0, 0.05) is 24.1 Å². The first-order valence-corrected chi connectivity index (χ1v) is 16.6. The van der Waals surface area contributed by atoms with E-state index in [-0.39, 0.29) is 41.3 Å². The van der Waals surface area contributed by atoms with E-state index in [0.29, 0.717) is 6.54 Å². The molecule has 0 bridgehead atoms. The van der Waals surface area contributed by atoms with E-state index in [1.165, 1.54) is 18.7 Å². The predicted octanol–water partition coefficient (Wildman–Crippen LogP) is 3.70. The molecule has 0 saturated heterocycles. The van der Waals surface area contributed by atoms with Crippen molar-refractivity contribution in [3.8, 4) is 0 Å². The fourth-order valence-electron chi connectivity index (χ4n) is 5.57.